The van der Waals surface area contributed by atoms with E-state index in [1.165, 1.54) is 16.2 Å². The maximum atomic E-state index is 12.3. The van der Waals surface area contributed by atoms with Crippen molar-refractivity contribution in [2.45, 2.75) is 13.5 Å². The number of rotatable bonds is 6. The maximum absolute atomic E-state index is 12.3. The van der Waals surface area contributed by atoms with Gasteiger partial charge in [-0.05, 0) is 37.3 Å². The lowest BCUT2D eigenvalue weighted by Gasteiger charge is -2.15. The molecule has 142 valence electrons. The maximum Gasteiger partial charge on any atom is 0.375 e. The fourth-order valence-electron chi connectivity index (χ4n) is 2.58. The van der Waals surface area contributed by atoms with Crippen LogP contribution in [0.25, 0.3) is 11.0 Å². The summed E-state index contributed by atoms with van der Waals surface area (Å²) in [5.74, 6) is -0.248. The number of ether oxygens (including phenoxy) is 2. The van der Waals surface area contributed by atoms with E-state index < -0.39 is 5.97 Å². The fraction of sp³-hybridized carbons (Fsp3) is 0.263. The molecule has 2 aromatic heterocycles. The predicted molar refractivity (Wildman–Crippen MR) is 104 cm³/mol. The number of carbonyl (C=O) groups excluding carboxylic acids is 2. The number of fused-ring (bicyclic) bond motifs is 1. The van der Waals surface area contributed by atoms with E-state index in [0.29, 0.717) is 27.8 Å². The van der Waals surface area contributed by atoms with Crippen LogP contribution in [0.5, 0.6) is 5.75 Å². The van der Waals surface area contributed by atoms with Gasteiger partial charge < -0.3 is 18.8 Å². The molecule has 1 aromatic carbocycles. The van der Waals surface area contributed by atoms with E-state index in [1.807, 2.05) is 6.07 Å². The highest BCUT2D eigenvalue weighted by Gasteiger charge is 2.21. The Labute approximate surface area is 165 Å². The molecule has 0 aliphatic rings. The van der Waals surface area contributed by atoms with Crippen molar-refractivity contribution in [2.24, 2.45) is 0 Å². The lowest BCUT2D eigenvalue weighted by molar-refractivity contribution is -0.133. The summed E-state index contributed by atoms with van der Waals surface area (Å²) in [4.78, 5) is 27.0. The van der Waals surface area contributed by atoms with Gasteiger partial charge in [0.25, 0.3) is 5.91 Å². The van der Waals surface area contributed by atoms with Crippen LogP contribution in [-0.2, 0) is 16.1 Å². The molecule has 0 aliphatic carbocycles. The Balaban J connectivity index is 1.64. The third-order valence-electron chi connectivity index (χ3n) is 4.10. The minimum absolute atomic E-state index is 0.0822. The van der Waals surface area contributed by atoms with Gasteiger partial charge in [-0.3, -0.25) is 4.79 Å². The molecule has 0 N–H and O–H groups in total. The molecule has 1 amide bonds. The van der Waals surface area contributed by atoms with Gasteiger partial charge in [0, 0.05) is 22.9 Å². The first-order valence-electron chi connectivity index (χ1n) is 8.11. The predicted octanol–water partition coefficient (Wildman–Crippen LogP) is 4.28. The molecular weight excluding hydrogens is 390 g/mol. The Morgan fingerprint density at radius 2 is 2.04 bits per heavy atom. The summed E-state index contributed by atoms with van der Waals surface area (Å²) in [5, 5.41) is 0.763. The SMILES string of the molecule is COc1ccc2oc(C(=O)OCC(=O)N(C)Cc3ccc(Cl)s3)c(C)c2c1. The van der Waals surface area contributed by atoms with E-state index in [1.54, 1.807) is 45.3 Å². The highest BCUT2D eigenvalue weighted by Crippen LogP contribution is 2.29. The van der Waals surface area contributed by atoms with Crippen molar-refractivity contribution in [3.63, 3.8) is 0 Å². The van der Waals surface area contributed by atoms with Gasteiger partial charge in [0.2, 0.25) is 5.76 Å². The summed E-state index contributed by atoms with van der Waals surface area (Å²) in [6, 6.07) is 8.89. The smallest absolute Gasteiger partial charge is 0.375 e. The van der Waals surface area contributed by atoms with Crippen LogP contribution in [0.15, 0.2) is 34.7 Å². The molecule has 0 unspecified atom stereocenters. The number of halogens is 1. The van der Waals surface area contributed by atoms with Crippen LogP contribution in [0.1, 0.15) is 21.0 Å². The second-order valence-electron chi connectivity index (χ2n) is 5.95. The van der Waals surface area contributed by atoms with Crippen molar-refractivity contribution < 1.29 is 23.5 Å². The second-order valence-corrected chi connectivity index (χ2v) is 7.75. The molecular formula is C19H18ClNO5S. The summed E-state index contributed by atoms with van der Waals surface area (Å²) < 4.78 is 16.6. The number of likely N-dealkylation sites (N-methyl/N-ethyl adjacent to an activating group) is 1. The van der Waals surface area contributed by atoms with Gasteiger partial charge in [-0.25, -0.2) is 4.79 Å². The average Bonchev–Trinajstić information content (AvgIpc) is 3.22. The molecule has 6 nitrogen and oxygen atoms in total. The summed E-state index contributed by atoms with van der Waals surface area (Å²) in [5.41, 5.74) is 1.20. The number of esters is 1. The first-order chi connectivity index (χ1) is 12.9. The van der Waals surface area contributed by atoms with E-state index in [9.17, 15) is 9.59 Å². The molecule has 0 saturated carbocycles. The van der Waals surface area contributed by atoms with Crippen LogP contribution in [-0.4, -0.2) is 37.5 Å². The largest absolute Gasteiger partial charge is 0.497 e. The molecule has 0 saturated heterocycles. The summed E-state index contributed by atoms with van der Waals surface area (Å²) >= 11 is 7.29. The van der Waals surface area contributed by atoms with Crippen molar-refractivity contribution in [1.29, 1.82) is 0 Å². The number of hydrogen-bond acceptors (Lipinski definition) is 6. The first kappa shape index (κ1) is 19.3. The molecule has 0 bridgehead atoms. The molecule has 2 heterocycles. The van der Waals surface area contributed by atoms with Crippen molar-refractivity contribution >= 4 is 45.8 Å². The summed E-state index contributed by atoms with van der Waals surface area (Å²) in [6.45, 7) is 1.79. The highest BCUT2D eigenvalue weighted by atomic mass is 35.5. The Morgan fingerprint density at radius 1 is 1.26 bits per heavy atom. The number of nitrogens with zero attached hydrogens (tertiary/aromatic N) is 1. The summed E-state index contributed by atoms with van der Waals surface area (Å²) in [6.07, 6.45) is 0. The van der Waals surface area contributed by atoms with Gasteiger partial charge in [-0.2, -0.15) is 0 Å². The third-order valence-corrected chi connectivity index (χ3v) is 5.32. The zero-order chi connectivity index (χ0) is 19.6. The van der Waals surface area contributed by atoms with Gasteiger partial charge in [0.1, 0.15) is 11.3 Å². The Hall–Kier alpha value is -2.51. The fourth-order valence-corrected chi connectivity index (χ4v) is 3.72. The highest BCUT2D eigenvalue weighted by molar-refractivity contribution is 7.16. The van der Waals surface area contributed by atoms with Crippen LogP contribution >= 0.6 is 22.9 Å². The number of carbonyl (C=O) groups is 2. The summed E-state index contributed by atoms with van der Waals surface area (Å²) in [7, 11) is 3.21. The number of methoxy groups -OCH3 is 1. The molecule has 3 rings (SSSR count). The number of hydrogen-bond donors (Lipinski definition) is 0. The van der Waals surface area contributed by atoms with Crippen LogP contribution in [0.3, 0.4) is 0 Å². The van der Waals surface area contributed by atoms with E-state index >= 15 is 0 Å². The van der Waals surface area contributed by atoms with E-state index in [2.05, 4.69) is 0 Å². The zero-order valence-corrected chi connectivity index (χ0v) is 16.6. The van der Waals surface area contributed by atoms with Crippen molar-refractivity contribution in [3.05, 3.63) is 50.9 Å². The van der Waals surface area contributed by atoms with Crippen molar-refractivity contribution in [1.82, 2.24) is 4.90 Å². The first-order valence-corrected chi connectivity index (χ1v) is 9.31. The topological polar surface area (TPSA) is 69.0 Å². The number of furan rings is 1. The molecule has 0 fully saturated rings. The van der Waals surface area contributed by atoms with E-state index in [0.717, 1.165) is 10.3 Å². The molecule has 3 aromatic rings. The molecule has 0 aliphatic heterocycles. The molecule has 0 spiro atoms. The lowest BCUT2D eigenvalue weighted by atomic mass is 10.1. The second kappa shape index (κ2) is 8.02. The molecule has 8 heteroatoms. The Kier molecular flexibility index (Phi) is 5.72. The molecule has 0 atom stereocenters. The molecule has 0 radical (unpaired) electrons. The molecule has 27 heavy (non-hydrogen) atoms. The zero-order valence-electron chi connectivity index (χ0n) is 15.1. The number of thiophene rings is 1. The van der Waals surface area contributed by atoms with Gasteiger partial charge >= 0.3 is 5.97 Å². The van der Waals surface area contributed by atoms with E-state index in [-0.39, 0.29) is 18.3 Å². The monoisotopic (exact) mass is 407 g/mol. The Morgan fingerprint density at radius 3 is 2.70 bits per heavy atom. The average molecular weight is 408 g/mol. The minimum Gasteiger partial charge on any atom is -0.497 e. The van der Waals surface area contributed by atoms with Crippen LogP contribution in [0.4, 0.5) is 0 Å². The quantitative estimate of drug-likeness (QED) is 0.570. The number of benzene rings is 1. The third kappa shape index (κ3) is 4.26. The van der Waals surface area contributed by atoms with Gasteiger partial charge in [-0.15, -0.1) is 11.3 Å². The van der Waals surface area contributed by atoms with Crippen molar-refractivity contribution in [2.75, 3.05) is 20.8 Å². The van der Waals surface area contributed by atoms with Crippen LogP contribution < -0.4 is 4.74 Å². The van der Waals surface area contributed by atoms with Gasteiger partial charge in [0.15, 0.2) is 6.61 Å². The van der Waals surface area contributed by atoms with Crippen LogP contribution in [0.2, 0.25) is 4.34 Å². The lowest BCUT2D eigenvalue weighted by Crippen LogP contribution is -2.30. The van der Waals surface area contributed by atoms with Crippen LogP contribution in [0, 0.1) is 6.92 Å². The van der Waals surface area contributed by atoms with Gasteiger partial charge in [-0.1, -0.05) is 11.6 Å². The van der Waals surface area contributed by atoms with Crippen molar-refractivity contribution in [3.8, 4) is 5.75 Å². The minimum atomic E-state index is -0.677. The standard InChI is InChI=1S/C19H18ClNO5S/c1-11-14-8-12(24-3)4-6-15(14)26-18(11)19(23)25-10-17(22)21(2)9-13-5-7-16(20)27-13/h4-8H,9-10H2,1-3H3. The number of aryl methyl sites for hydroxylation is 1. The normalized spacial score (nSPS) is 10.8. The Bertz CT molecular complexity index is 993. The number of amides is 1. The van der Waals surface area contributed by atoms with E-state index in [4.69, 9.17) is 25.5 Å². The van der Waals surface area contributed by atoms with Gasteiger partial charge in [0.05, 0.1) is 18.0 Å².